The van der Waals surface area contributed by atoms with Crippen molar-refractivity contribution in [2.75, 3.05) is 0 Å². The van der Waals surface area contributed by atoms with E-state index in [0.717, 1.165) is 5.01 Å². The molecule has 2 nitrogen and oxygen atoms in total. The van der Waals surface area contributed by atoms with Gasteiger partial charge in [-0.15, -0.1) is 11.3 Å². The van der Waals surface area contributed by atoms with Crippen molar-refractivity contribution in [3.63, 3.8) is 0 Å². The Morgan fingerprint density at radius 1 is 1.31 bits per heavy atom. The van der Waals surface area contributed by atoms with E-state index in [1.54, 1.807) is 18.2 Å². The molecule has 16 heavy (non-hydrogen) atoms. The van der Waals surface area contributed by atoms with Crippen LogP contribution in [-0.4, -0.2) is 11.6 Å². The fourth-order valence-corrected chi connectivity index (χ4v) is 1.98. The Kier molecular flexibility index (Phi) is 3.14. The zero-order valence-corrected chi connectivity index (χ0v) is 9.30. The number of para-hydroxylation sites is 1. The molecule has 0 spiro atoms. The minimum Gasteiger partial charge on any atom is -0.434 e. The second-order valence-electron chi connectivity index (χ2n) is 3.13. The van der Waals surface area contributed by atoms with Crippen molar-refractivity contribution in [3.8, 4) is 17.0 Å². The molecule has 0 aliphatic carbocycles. The first-order valence-electron chi connectivity index (χ1n) is 4.63. The summed E-state index contributed by atoms with van der Waals surface area (Å²) < 4.78 is 28.8. The molecule has 1 aromatic carbocycles. The standard InChI is InChI=1S/C11H9F2NOS/c1-7-14-9(6-16-7)8-4-2-3-5-10(8)15-11(12)13/h2-6,11H,1H3. The summed E-state index contributed by atoms with van der Waals surface area (Å²) >= 11 is 1.47. The van der Waals surface area contributed by atoms with Gasteiger partial charge in [-0.3, -0.25) is 0 Å². The Hall–Kier alpha value is -1.49. The van der Waals surface area contributed by atoms with Gasteiger partial charge >= 0.3 is 6.61 Å². The first kappa shape index (κ1) is 11.0. The number of rotatable bonds is 3. The van der Waals surface area contributed by atoms with Crippen LogP contribution in [0.5, 0.6) is 5.75 Å². The van der Waals surface area contributed by atoms with E-state index < -0.39 is 6.61 Å². The predicted molar refractivity (Wildman–Crippen MR) is 58.9 cm³/mol. The number of ether oxygens (including phenoxy) is 1. The lowest BCUT2D eigenvalue weighted by Crippen LogP contribution is -2.03. The molecule has 0 radical (unpaired) electrons. The van der Waals surface area contributed by atoms with Crippen molar-refractivity contribution in [1.29, 1.82) is 0 Å². The van der Waals surface area contributed by atoms with Gasteiger partial charge in [0.15, 0.2) is 0 Å². The van der Waals surface area contributed by atoms with E-state index in [2.05, 4.69) is 9.72 Å². The second-order valence-corrected chi connectivity index (χ2v) is 4.19. The Labute approximate surface area is 95.5 Å². The van der Waals surface area contributed by atoms with Crippen LogP contribution in [-0.2, 0) is 0 Å². The van der Waals surface area contributed by atoms with Gasteiger partial charge in [-0.05, 0) is 19.1 Å². The van der Waals surface area contributed by atoms with Crippen molar-refractivity contribution >= 4 is 11.3 Å². The Morgan fingerprint density at radius 3 is 2.69 bits per heavy atom. The number of hydrogen-bond acceptors (Lipinski definition) is 3. The normalized spacial score (nSPS) is 10.8. The van der Waals surface area contributed by atoms with E-state index in [1.165, 1.54) is 17.4 Å². The number of aromatic nitrogens is 1. The summed E-state index contributed by atoms with van der Waals surface area (Å²) in [6.07, 6.45) is 0. The molecule has 2 rings (SSSR count). The molecule has 84 valence electrons. The van der Waals surface area contributed by atoms with Crippen LogP contribution in [0, 0.1) is 6.92 Å². The Balaban J connectivity index is 2.40. The van der Waals surface area contributed by atoms with Crippen molar-refractivity contribution < 1.29 is 13.5 Å². The molecule has 5 heteroatoms. The van der Waals surface area contributed by atoms with Crippen LogP contribution >= 0.6 is 11.3 Å². The van der Waals surface area contributed by atoms with Crippen LogP contribution < -0.4 is 4.74 Å². The molecule has 0 atom stereocenters. The average molecular weight is 241 g/mol. The SMILES string of the molecule is Cc1nc(-c2ccccc2OC(F)F)cs1. The third kappa shape index (κ3) is 2.36. The van der Waals surface area contributed by atoms with Gasteiger partial charge in [0, 0.05) is 10.9 Å². The minimum atomic E-state index is -2.82. The topological polar surface area (TPSA) is 22.1 Å². The van der Waals surface area contributed by atoms with Gasteiger partial charge in [0.1, 0.15) is 5.75 Å². The molecule has 0 unspecified atom stereocenters. The van der Waals surface area contributed by atoms with Crippen LogP contribution in [0.1, 0.15) is 5.01 Å². The molecule has 1 aromatic heterocycles. The van der Waals surface area contributed by atoms with Crippen molar-refractivity contribution in [2.24, 2.45) is 0 Å². The van der Waals surface area contributed by atoms with Crippen LogP contribution in [0.4, 0.5) is 8.78 Å². The molecule has 0 aliphatic rings. The highest BCUT2D eigenvalue weighted by molar-refractivity contribution is 7.09. The number of nitrogens with zero attached hydrogens (tertiary/aromatic N) is 1. The van der Waals surface area contributed by atoms with Crippen molar-refractivity contribution in [1.82, 2.24) is 4.98 Å². The summed E-state index contributed by atoms with van der Waals surface area (Å²) in [5.41, 5.74) is 1.26. The van der Waals surface area contributed by atoms with Gasteiger partial charge in [0.05, 0.1) is 10.7 Å². The quantitative estimate of drug-likeness (QED) is 0.817. The van der Waals surface area contributed by atoms with Gasteiger partial charge in [-0.1, -0.05) is 12.1 Å². The van der Waals surface area contributed by atoms with E-state index >= 15 is 0 Å². The first-order chi connectivity index (χ1) is 7.66. The predicted octanol–water partition coefficient (Wildman–Crippen LogP) is 3.72. The maximum absolute atomic E-state index is 12.2. The van der Waals surface area contributed by atoms with Crippen LogP contribution in [0.3, 0.4) is 0 Å². The van der Waals surface area contributed by atoms with E-state index in [1.807, 2.05) is 12.3 Å². The smallest absolute Gasteiger partial charge is 0.387 e. The lowest BCUT2D eigenvalue weighted by molar-refractivity contribution is -0.0494. The van der Waals surface area contributed by atoms with Gasteiger partial charge < -0.3 is 4.74 Å². The summed E-state index contributed by atoms with van der Waals surface area (Å²) in [6, 6.07) is 6.64. The van der Waals surface area contributed by atoms with Gasteiger partial charge in [-0.25, -0.2) is 4.98 Å². The molecule has 0 aliphatic heterocycles. The summed E-state index contributed by atoms with van der Waals surface area (Å²) in [5.74, 6) is 0.155. The first-order valence-corrected chi connectivity index (χ1v) is 5.51. The maximum atomic E-state index is 12.2. The molecule has 0 bridgehead atoms. The fraction of sp³-hybridized carbons (Fsp3) is 0.182. The van der Waals surface area contributed by atoms with Crippen molar-refractivity contribution in [2.45, 2.75) is 13.5 Å². The lowest BCUT2D eigenvalue weighted by atomic mass is 10.1. The summed E-state index contributed by atoms with van der Waals surface area (Å²) in [7, 11) is 0. The van der Waals surface area contributed by atoms with Gasteiger partial charge in [0.2, 0.25) is 0 Å². The third-order valence-corrected chi connectivity index (χ3v) is 2.77. The number of hydrogen-bond donors (Lipinski definition) is 0. The molecule has 0 fully saturated rings. The van der Waals surface area contributed by atoms with Crippen molar-refractivity contribution in [3.05, 3.63) is 34.7 Å². The Morgan fingerprint density at radius 2 is 2.06 bits per heavy atom. The van der Waals surface area contributed by atoms with E-state index in [9.17, 15) is 8.78 Å². The highest BCUT2D eigenvalue weighted by atomic mass is 32.1. The summed E-state index contributed by atoms with van der Waals surface area (Å²) in [6.45, 7) is -0.953. The van der Waals surface area contributed by atoms with E-state index in [0.29, 0.717) is 11.3 Å². The number of benzene rings is 1. The largest absolute Gasteiger partial charge is 0.434 e. The second kappa shape index (κ2) is 4.57. The molecule has 2 aromatic rings. The Bertz CT molecular complexity index is 484. The molecule has 0 saturated heterocycles. The van der Waals surface area contributed by atoms with Crippen LogP contribution in [0.15, 0.2) is 29.6 Å². The molecule has 0 N–H and O–H groups in total. The zero-order valence-electron chi connectivity index (χ0n) is 8.48. The van der Waals surface area contributed by atoms with Crippen LogP contribution in [0.2, 0.25) is 0 Å². The van der Waals surface area contributed by atoms with Gasteiger partial charge in [0.25, 0.3) is 0 Å². The summed E-state index contributed by atoms with van der Waals surface area (Å²) in [5, 5.41) is 2.71. The third-order valence-electron chi connectivity index (χ3n) is 2.00. The number of aryl methyl sites for hydroxylation is 1. The van der Waals surface area contributed by atoms with Crippen LogP contribution in [0.25, 0.3) is 11.3 Å². The highest BCUT2D eigenvalue weighted by Crippen LogP contribution is 2.31. The highest BCUT2D eigenvalue weighted by Gasteiger charge is 2.12. The minimum absolute atomic E-state index is 0.155. The zero-order chi connectivity index (χ0) is 11.5. The maximum Gasteiger partial charge on any atom is 0.387 e. The lowest BCUT2D eigenvalue weighted by Gasteiger charge is -2.08. The van der Waals surface area contributed by atoms with Gasteiger partial charge in [-0.2, -0.15) is 8.78 Å². The summed E-state index contributed by atoms with van der Waals surface area (Å²) in [4.78, 5) is 4.24. The molecule has 1 heterocycles. The molecular formula is C11H9F2NOS. The number of alkyl halides is 2. The number of thiazole rings is 1. The molecule has 0 amide bonds. The average Bonchev–Trinajstić information content (AvgIpc) is 2.65. The van der Waals surface area contributed by atoms with E-state index in [4.69, 9.17) is 0 Å². The van der Waals surface area contributed by atoms with E-state index in [-0.39, 0.29) is 5.75 Å². The fourth-order valence-electron chi connectivity index (χ4n) is 1.36. The molecular weight excluding hydrogens is 232 g/mol. The number of halogens is 2. The molecule has 0 saturated carbocycles. The monoisotopic (exact) mass is 241 g/mol.